The Balaban J connectivity index is 1.61. The van der Waals surface area contributed by atoms with Crippen LogP contribution in [0.2, 0.25) is 0 Å². The van der Waals surface area contributed by atoms with Crippen molar-refractivity contribution in [3.05, 3.63) is 35.8 Å². The normalized spacial score (nSPS) is 24.4. The quantitative estimate of drug-likeness (QED) is 0.862. The van der Waals surface area contributed by atoms with E-state index in [-0.39, 0.29) is 6.04 Å². The van der Waals surface area contributed by atoms with Gasteiger partial charge in [0.1, 0.15) is 5.65 Å². The summed E-state index contributed by atoms with van der Waals surface area (Å²) in [5.74, 6) is 0.659. The molecule has 0 radical (unpaired) electrons. The molecule has 1 aliphatic carbocycles. The van der Waals surface area contributed by atoms with Gasteiger partial charge in [0.25, 0.3) is 0 Å². The smallest absolute Gasteiger partial charge is 0.151 e. The predicted molar refractivity (Wildman–Crippen MR) is 85.6 cm³/mol. The van der Waals surface area contributed by atoms with E-state index in [9.17, 15) is 8.42 Å². The highest BCUT2D eigenvalue weighted by Crippen LogP contribution is 2.33. The summed E-state index contributed by atoms with van der Waals surface area (Å²) >= 11 is 0. The molecule has 4 rings (SSSR count). The van der Waals surface area contributed by atoms with E-state index >= 15 is 0 Å². The maximum atomic E-state index is 11.8. The minimum atomic E-state index is -2.84. The number of sulfone groups is 1. The Kier molecular flexibility index (Phi) is 3.27. The molecule has 0 N–H and O–H groups in total. The minimum Gasteiger partial charge on any atom is -0.303 e. The predicted octanol–water partition coefficient (Wildman–Crippen LogP) is 1.79. The van der Waals surface area contributed by atoms with Crippen LogP contribution in [0, 0.1) is 6.92 Å². The Bertz CT molecular complexity index is 808. The lowest BCUT2D eigenvalue weighted by Crippen LogP contribution is -2.37. The Morgan fingerprint density at radius 3 is 2.82 bits per heavy atom. The molecule has 2 aromatic heterocycles. The van der Waals surface area contributed by atoms with Crippen molar-refractivity contribution in [2.24, 2.45) is 0 Å². The fraction of sp³-hybridized carbons (Fsp3) is 0.562. The average molecular weight is 319 g/mol. The van der Waals surface area contributed by atoms with Crippen molar-refractivity contribution in [2.75, 3.05) is 11.5 Å². The molecule has 1 unspecified atom stereocenters. The Labute approximate surface area is 130 Å². The number of hydrogen-bond acceptors (Lipinski definition) is 4. The first-order chi connectivity index (χ1) is 10.5. The SMILES string of the molecule is Cc1ccn2c(CN(C3CC3)C3CCS(=O)(=O)C3)cnc2c1. The lowest BCUT2D eigenvalue weighted by Gasteiger charge is -2.27. The number of rotatable bonds is 4. The van der Waals surface area contributed by atoms with Gasteiger partial charge in [-0.3, -0.25) is 4.90 Å². The highest BCUT2D eigenvalue weighted by Gasteiger charge is 2.39. The number of pyridine rings is 1. The molecule has 0 bridgehead atoms. The van der Waals surface area contributed by atoms with Crippen LogP contribution in [0.3, 0.4) is 0 Å². The van der Waals surface area contributed by atoms with Gasteiger partial charge in [-0.05, 0) is 43.9 Å². The topological polar surface area (TPSA) is 54.7 Å². The summed E-state index contributed by atoms with van der Waals surface area (Å²) in [6.07, 6.45) is 7.13. The van der Waals surface area contributed by atoms with Gasteiger partial charge in [0, 0.05) is 24.8 Å². The third-order valence-electron chi connectivity index (χ3n) is 4.78. The molecule has 118 valence electrons. The molecule has 2 aliphatic rings. The Morgan fingerprint density at radius 2 is 2.14 bits per heavy atom. The van der Waals surface area contributed by atoms with Crippen LogP contribution < -0.4 is 0 Å². The zero-order valence-corrected chi connectivity index (χ0v) is 13.6. The van der Waals surface area contributed by atoms with Crippen molar-refractivity contribution < 1.29 is 8.42 Å². The molecule has 2 aromatic rings. The van der Waals surface area contributed by atoms with Crippen LogP contribution in [-0.4, -0.2) is 46.3 Å². The van der Waals surface area contributed by atoms with Gasteiger partial charge in [0.15, 0.2) is 9.84 Å². The highest BCUT2D eigenvalue weighted by atomic mass is 32.2. The van der Waals surface area contributed by atoms with Crippen LogP contribution in [0.1, 0.15) is 30.5 Å². The van der Waals surface area contributed by atoms with Gasteiger partial charge >= 0.3 is 0 Å². The molecule has 1 aliphatic heterocycles. The summed E-state index contributed by atoms with van der Waals surface area (Å²) in [7, 11) is -2.84. The molecule has 1 saturated carbocycles. The lowest BCUT2D eigenvalue weighted by molar-refractivity contribution is 0.190. The largest absolute Gasteiger partial charge is 0.303 e. The number of hydrogen-bond donors (Lipinski definition) is 0. The molecule has 5 nitrogen and oxygen atoms in total. The Hall–Kier alpha value is -1.40. The van der Waals surface area contributed by atoms with Gasteiger partial charge in [0.05, 0.1) is 23.4 Å². The van der Waals surface area contributed by atoms with Gasteiger partial charge in [-0.15, -0.1) is 0 Å². The highest BCUT2D eigenvalue weighted by molar-refractivity contribution is 7.91. The van der Waals surface area contributed by atoms with Gasteiger partial charge in [-0.1, -0.05) is 0 Å². The fourth-order valence-corrected chi connectivity index (χ4v) is 5.18. The summed E-state index contributed by atoms with van der Waals surface area (Å²) in [5.41, 5.74) is 3.31. The van der Waals surface area contributed by atoms with Crippen LogP contribution in [0.25, 0.3) is 5.65 Å². The summed E-state index contributed by atoms with van der Waals surface area (Å²) < 4.78 is 25.7. The van der Waals surface area contributed by atoms with E-state index in [1.807, 2.05) is 6.20 Å². The summed E-state index contributed by atoms with van der Waals surface area (Å²) in [6, 6.07) is 4.88. The number of aromatic nitrogens is 2. The molecule has 0 aromatic carbocycles. The van der Waals surface area contributed by atoms with Gasteiger partial charge < -0.3 is 4.40 Å². The van der Waals surface area contributed by atoms with Gasteiger partial charge in [0.2, 0.25) is 0 Å². The van der Waals surface area contributed by atoms with Crippen LogP contribution in [-0.2, 0) is 16.4 Å². The third kappa shape index (κ3) is 2.65. The molecule has 1 saturated heterocycles. The molecule has 3 heterocycles. The van der Waals surface area contributed by atoms with E-state index in [0.717, 1.165) is 24.3 Å². The third-order valence-corrected chi connectivity index (χ3v) is 6.53. The van der Waals surface area contributed by atoms with Crippen molar-refractivity contribution in [1.29, 1.82) is 0 Å². The number of aryl methyl sites for hydroxylation is 1. The van der Waals surface area contributed by atoms with Crippen molar-refractivity contribution >= 4 is 15.5 Å². The molecule has 2 fully saturated rings. The zero-order chi connectivity index (χ0) is 15.3. The first-order valence-corrected chi connectivity index (χ1v) is 9.73. The molecule has 1 atom stereocenters. The summed E-state index contributed by atoms with van der Waals surface area (Å²) in [4.78, 5) is 6.88. The van der Waals surface area contributed by atoms with Crippen molar-refractivity contribution in [3.8, 4) is 0 Å². The zero-order valence-electron chi connectivity index (χ0n) is 12.8. The van der Waals surface area contributed by atoms with E-state index in [0.29, 0.717) is 17.5 Å². The monoisotopic (exact) mass is 319 g/mol. The van der Waals surface area contributed by atoms with Crippen LogP contribution in [0.15, 0.2) is 24.5 Å². The average Bonchev–Trinajstić information content (AvgIpc) is 3.14. The summed E-state index contributed by atoms with van der Waals surface area (Å²) in [6.45, 7) is 2.85. The summed E-state index contributed by atoms with van der Waals surface area (Å²) in [5, 5.41) is 0. The van der Waals surface area contributed by atoms with E-state index in [1.165, 1.54) is 18.4 Å². The van der Waals surface area contributed by atoms with Crippen molar-refractivity contribution in [2.45, 2.75) is 44.8 Å². The van der Waals surface area contributed by atoms with Crippen LogP contribution in [0.5, 0.6) is 0 Å². The Morgan fingerprint density at radius 1 is 1.32 bits per heavy atom. The van der Waals surface area contributed by atoms with E-state index in [4.69, 9.17) is 0 Å². The van der Waals surface area contributed by atoms with Crippen LogP contribution in [0.4, 0.5) is 0 Å². The maximum absolute atomic E-state index is 11.8. The molecular weight excluding hydrogens is 298 g/mol. The van der Waals surface area contributed by atoms with Gasteiger partial charge in [-0.2, -0.15) is 0 Å². The lowest BCUT2D eigenvalue weighted by atomic mass is 10.2. The second-order valence-corrected chi connectivity index (χ2v) is 8.87. The first kappa shape index (κ1) is 14.2. The van der Waals surface area contributed by atoms with Crippen molar-refractivity contribution in [3.63, 3.8) is 0 Å². The second-order valence-electron chi connectivity index (χ2n) is 6.64. The fourth-order valence-electron chi connectivity index (χ4n) is 3.44. The van der Waals surface area contributed by atoms with E-state index < -0.39 is 9.84 Å². The molecular formula is C16H21N3O2S. The van der Waals surface area contributed by atoms with Crippen molar-refractivity contribution in [1.82, 2.24) is 14.3 Å². The minimum absolute atomic E-state index is 0.175. The molecule has 22 heavy (non-hydrogen) atoms. The molecule has 0 amide bonds. The molecule has 6 heteroatoms. The molecule has 0 spiro atoms. The number of imidazole rings is 1. The van der Waals surface area contributed by atoms with Crippen LogP contribution >= 0.6 is 0 Å². The first-order valence-electron chi connectivity index (χ1n) is 7.91. The standard InChI is InChI=1S/C16H21N3O2S/c1-12-4-6-18-15(9-17-16(18)8-12)10-19(13-2-3-13)14-5-7-22(20,21)11-14/h4,6,8-9,13-14H,2-3,5,7,10-11H2,1H3. The van der Waals surface area contributed by atoms with Gasteiger partial charge in [-0.25, -0.2) is 13.4 Å². The van der Waals surface area contributed by atoms with E-state index in [1.54, 1.807) is 0 Å². The maximum Gasteiger partial charge on any atom is 0.151 e. The number of fused-ring (bicyclic) bond motifs is 1. The second kappa shape index (κ2) is 5.06. The van der Waals surface area contributed by atoms with E-state index in [2.05, 4.69) is 39.5 Å². The number of nitrogens with zero attached hydrogens (tertiary/aromatic N) is 3.